The van der Waals surface area contributed by atoms with E-state index in [4.69, 9.17) is 26.8 Å². The summed E-state index contributed by atoms with van der Waals surface area (Å²) < 4.78 is 10.4. The monoisotopic (exact) mass is 199 g/mol. The summed E-state index contributed by atoms with van der Waals surface area (Å²) in [6, 6.07) is 3.50. The number of ether oxygens (including phenoxy) is 2. The second-order valence-electron chi connectivity index (χ2n) is 2.94. The average molecular weight is 200 g/mol. The van der Waals surface area contributed by atoms with E-state index in [0.717, 1.165) is 11.3 Å². The highest BCUT2D eigenvalue weighted by atomic mass is 35.5. The summed E-state index contributed by atoms with van der Waals surface area (Å²) >= 11 is 5.94. The van der Waals surface area contributed by atoms with E-state index in [0.29, 0.717) is 17.4 Å². The summed E-state index contributed by atoms with van der Waals surface area (Å²) in [6.07, 6.45) is 0. The molecule has 70 valence electrons. The molecule has 1 aliphatic rings. The molecule has 0 amide bonds. The molecule has 1 aromatic carbocycles. The minimum absolute atomic E-state index is 0.0709. The van der Waals surface area contributed by atoms with Crippen LogP contribution in [0.3, 0.4) is 0 Å². The van der Waals surface area contributed by atoms with Gasteiger partial charge >= 0.3 is 0 Å². The van der Waals surface area contributed by atoms with Gasteiger partial charge in [0, 0.05) is 11.6 Å². The molecule has 1 heterocycles. The van der Waals surface area contributed by atoms with E-state index < -0.39 is 0 Å². The summed E-state index contributed by atoms with van der Waals surface area (Å²) in [7, 11) is 1.57. The first-order chi connectivity index (χ1) is 6.22. The van der Waals surface area contributed by atoms with Crippen molar-refractivity contribution in [3.8, 4) is 11.5 Å². The van der Waals surface area contributed by atoms with Gasteiger partial charge in [-0.25, -0.2) is 0 Å². The van der Waals surface area contributed by atoms with Crippen LogP contribution in [0.15, 0.2) is 12.1 Å². The van der Waals surface area contributed by atoms with Gasteiger partial charge in [0.1, 0.15) is 18.1 Å². The van der Waals surface area contributed by atoms with E-state index in [9.17, 15) is 0 Å². The second kappa shape index (κ2) is 3.09. The Morgan fingerprint density at radius 3 is 3.08 bits per heavy atom. The first-order valence-corrected chi connectivity index (χ1v) is 4.36. The number of rotatable bonds is 1. The van der Waals surface area contributed by atoms with Gasteiger partial charge in [-0.3, -0.25) is 0 Å². The third-order valence-corrected chi connectivity index (χ3v) is 2.40. The molecule has 1 atom stereocenters. The first kappa shape index (κ1) is 8.66. The molecule has 1 aromatic rings. The van der Waals surface area contributed by atoms with Crippen LogP contribution in [-0.2, 0) is 0 Å². The number of fused-ring (bicyclic) bond motifs is 1. The zero-order valence-electron chi connectivity index (χ0n) is 7.21. The van der Waals surface area contributed by atoms with Crippen molar-refractivity contribution in [3.05, 3.63) is 22.7 Å². The Morgan fingerprint density at radius 2 is 2.38 bits per heavy atom. The lowest BCUT2D eigenvalue weighted by atomic mass is 10.1. The molecule has 0 saturated carbocycles. The molecule has 2 N–H and O–H groups in total. The molecule has 0 aromatic heterocycles. The highest BCUT2D eigenvalue weighted by molar-refractivity contribution is 6.32. The zero-order valence-corrected chi connectivity index (χ0v) is 7.97. The topological polar surface area (TPSA) is 44.5 Å². The van der Waals surface area contributed by atoms with Crippen molar-refractivity contribution in [2.75, 3.05) is 13.7 Å². The zero-order chi connectivity index (χ0) is 9.42. The Kier molecular flexibility index (Phi) is 2.06. The summed E-state index contributed by atoms with van der Waals surface area (Å²) in [6.45, 7) is 0.513. The Labute approximate surface area is 81.4 Å². The highest BCUT2D eigenvalue weighted by Crippen LogP contribution is 2.38. The minimum Gasteiger partial charge on any atom is -0.495 e. The molecule has 0 saturated heterocycles. The van der Waals surface area contributed by atoms with Gasteiger partial charge in [0.05, 0.1) is 18.2 Å². The molecule has 0 fully saturated rings. The number of hydrogen-bond acceptors (Lipinski definition) is 3. The smallest absolute Gasteiger partial charge is 0.141 e. The Balaban J connectivity index is 2.50. The largest absolute Gasteiger partial charge is 0.495 e. The molecular weight excluding hydrogens is 190 g/mol. The lowest BCUT2D eigenvalue weighted by molar-refractivity contribution is 0.331. The average Bonchev–Trinajstić information content (AvgIpc) is 2.47. The van der Waals surface area contributed by atoms with Crippen molar-refractivity contribution in [2.24, 2.45) is 5.73 Å². The molecule has 2 rings (SSSR count). The van der Waals surface area contributed by atoms with E-state index in [-0.39, 0.29) is 6.04 Å². The summed E-state index contributed by atoms with van der Waals surface area (Å²) in [5.41, 5.74) is 6.73. The molecular formula is C9H10ClNO2. The van der Waals surface area contributed by atoms with E-state index in [1.165, 1.54) is 0 Å². The molecule has 0 bridgehead atoms. The first-order valence-electron chi connectivity index (χ1n) is 3.98. The van der Waals surface area contributed by atoms with E-state index in [2.05, 4.69) is 0 Å². The van der Waals surface area contributed by atoms with Crippen LogP contribution < -0.4 is 15.2 Å². The van der Waals surface area contributed by atoms with Crippen molar-refractivity contribution in [2.45, 2.75) is 6.04 Å². The van der Waals surface area contributed by atoms with Gasteiger partial charge in [0.2, 0.25) is 0 Å². The fraction of sp³-hybridized carbons (Fsp3) is 0.333. The fourth-order valence-corrected chi connectivity index (χ4v) is 1.64. The van der Waals surface area contributed by atoms with Crippen LogP contribution in [0.5, 0.6) is 11.5 Å². The van der Waals surface area contributed by atoms with Crippen LogP contribution >= 0.6 is 11.6 Å². The van der Waals surface area contributed by atoms with Crippen molar-refractivity contribution in [1.29, 1.82) is 0 Å². The Hall–Kier alpha value is -0.930. The number of hydrogen-bond donors (Lipinski definition) is 1. The van der Waals surface area contributed by atoms with Crippen LogP contribution in [0.1, 0.15) is 11.6 Å². The number of nitrogens with two attached hydrogens (primary N) is 1. The number of methoxy groups -OCH3 is 1. The Morgan fingerprint density at radius 1 is 1.62 bits per heavy atom. The van der Waals surface area contributed by atoms with Crippen molar-refractivity contribution in [1.82, 2.24) is 0 Å². The maximum absolute atomic E-state index is 5.94. The van der Waals surface area contributed by atoms with Crippen LogP contribution in [0, 0.1) is 0 Å². The molecule has 0 radical (unpaired) electrons. The lowest BCUT2D eigenvalue weighted by Gasteiger charge is -2.06. The molecule has 0 spiro atoms. The minimum atomic E-state index is -0.0709. The van der Waals surface area contributed by atoms with E-state index in [1.54, 1.807) is 19.2 Å². The van der Waals surface area contributed by atoms with Crippen molar-refractivity contribution >= 4 is 11.6 Å². The van der Waals surface area contributed by atoms with Crippen molar-refractivity contribution < 1.29 is 9.47 Å². The molecule has 0 aliphatic carbocycles. The predicted molar refractivity (Wildman–Crippen MR) is 50.4 cm³/mol. The van der Waals surface area contributed by atoms with E-state index in [1.807, 2.05) is 0 Å². The highest BCUT2D eigenvalue weighted by Gasteiger charge is 2.22. The van der Waals surface area contributed by atoms with Gasteiger partial charge in [0.25, 0.3) is 0 Å². The molecule has 3 nitrogen and oxygen atoms in total. The maximum atomic E-state index is 5.94. The van der Waals surface area contributed by atoms with Gasteiger partial charge in [-0.1, -0.05) is 11.6 Å². The second-order valence-corrected chi connectivity index (χ2v) is 3.35. The predicted octanol–water partition coefficient (Wildman–Crippen LogP) is 1.74. The van der Waals surface area contributed by atoms with Gasteiger partial charge in [-0.15, -0.1) is 0 Å². The van der Waals surface area contributed by atoms with Gasteiger partial charge < -0.3 is 15.2 Å². The SMILES string of the molecule is COc1cc2c(cc1Cl)[C@@H](N)CO2. The Bertz CT molecular complexity index is 341. The summed E-state index contributed by atoms with van der Waals surface area (Å²) in [5, 5.41) is 0.571. The van der Waals surface area contributed by atoms with E-state index >= 15 is 0 Å². The van der Waals surface area contributed by atoms with Crippen molar-refractivity contribution in [3.63, 3.8) is 0 Å². The molecule has 0 unspecified atom stereocenters. The fourth-order valence-electron chi connectivity index (χ4n) is 1.39. The van der Waals surface area contributed by atoms with Gasteiger partial charge in [-0.05, 0) is 6.07 Å². The van der Waals surface area contributed by atoms with Crippen LogP contribution in [0.4, 0.5) is 0 Å². The number of halogens is 1. The number of benzene rings is 1. The quantitative estimate of drug-likeness (QED) is 0.750. The van der Waals surface area contributed by atoms with Crippen LogP contribution in [-0.4, -0.2) is 13.7 Å². The lowest BCUT2D eigenvalue weighted by Crippen LogP contribution is -2.10. The van der Waals surface area contributed by atoms with Crippen LogP contribution in [0.25, 0.3) is 0 Å². The molecule has 4 heteroatoms. The normalized spacial score (nSPS) is 19.5. The third kappa shape index (κ3) is 1.34. The molecule has 1 aliphatic heterocycles. The van der Waals surface area contributed by atoms with Gasteiger partial charge in [0.15, 0.2) is 0 Å². The third-order valence-electron chi connectivity index (χ3n) is 2.10. The summed E-state index contributed by atoms with van der Waals surface area (Å²) in [4.78, 5) is 0. The maximum Gasteiger partial charge on any atom is 0.141 e. The van der Waals surface area contributed by atoms with Crippen LogP contribution in [0.2, 0.25) is 5.02 Å². The van der Waals surface area contributed by atoms with Gasteiger partial charge in [-0.2, -0.15) is 0 Å². The standard InChI is InChI=1S/C9H10ClNO2/c1-12-9-3-8-5(2-6(9)10)7(11)4-13-8/h2-3,7H,4,11H2,1H3/t7-/m0/s1. The molecule has 13 heavy (non-hydrogen) atoms. The summed E-state index contributed by atoms with van der Waals surface area (Å²) in [5.74, 6) is 1.39.